The van der Waals surface area contributed by atoms with Gasteiger partial charge < -0.3 is 15.0 Å². The van der Waals surface area contributed by atoms with Gasteiger partial charge in [0.15, 0.2) is 0 Å². The summed E-state index contributed by atoms with van der Waals surface area (Å²) in [4.78, 5) is 2.44. The second-order valence-corrected chi connectivity index (χ2v) is 6.52. The van der Waals surface area contributed by atoms with Gasteiger partial charge in [0, 0.05) is 6.54 Å². The normalized spacial score (nSPS) is 10.4. The number of benzene rings is 2. The van der Waals surface area contributed by atoms with Crippen molar-refractivity contribution < 1.29 is 4.74 Å². The van der Waals surface area contributed by atoms with E-state index in [1.54, 1.807) is 4.68 Å². The molecule has 1 aromatic heterocycles. The first-order valence-electron chi connectivity index (χ1n) is 9.83. The molecule has 3 aromatic rings. The maximum atomic E-state index is 5.93. The molecule has 7 nitrogen and oxygen atoms in total. The zero-order chi connectivity index (χ0) is 19.6. The number of rotatable bonds is 11. The number of tetrazole rings is 1. The number of aromatic nitrogens is 4. The lowest BCUT2D eigenvalue weighted by molar-refractivity contribution is 0.298. The second-order valence-electron chi connectivity index (χ2n) is 6.52. The number of nitrogens with one attached hydrogen (secondary N) is 1. The minimum Gasteiger partial charge on any atom is -0.423 e. The molecule has 3 rings (SSSR count). The van der Waals surface area contributed by atoms with Crippen molar-refractivity contribution in [2.75, 3.05) is 26.2 Å². The van der Waals surface area contributed by atoms with Gasteiger partial charge in [0.2, 0.25) is 0 Å². The molecule has 0 spiro atoms. The summed E-state index contributed by atoms with van der Waals surface area (Å²) in [6.45, 7) is 9.56. The van der Waals surface area contributed by atoms with Gasteiger partial charge in [-0.25, -0.2) is 0 Å². The standard InChI is InChI=1S/C21H28N6O.2ClH/c1-3-26(4-2)15-9-14-22-17-18-10-8-13-20(16-18)28-21-23-24-25-27(21)19-11-6-5-7-12-19;;/h5-8,10-13,16,22H,3-4,9,14-15,17H2,1-2H3;2*1H. The van der Waals surface area contributed by atoms with Crippen LogP contribution in [0, 0.1) is 0 Å². The van der Waals surface area contributed by atoms with Gasteiger partial charge in [0.05, 0.1) is 5.69 Å². The molecule has 1 heterocycles. The van der Waals surface area contributed by atoms with Gasteiger partial charge in [0.25, 0.3) is 0 Å². The van der Waals surface area contributed by atoms with E-state index in [4.69, 9.17) is 4.74 Å². The monoisotopic (exact) mass is 452 g/mol. The van der Waals surface area contributed by atoms with Crippen LogP contribution in [-0.4, -0.2) is 51.3 Å². The molecule has 0 aliphatic heterocycles. The van der Waals surface area contributed by atoms with Gasteiger partial charge in [-0.2, -0.15) is 4.68 Å². The lowest BCUT2D eigenvalue weighted by Crippen LogP contribution is -2.27. The Bertz CT molecular complexity index is 842. The summed E-state index contributed by atoms with van der Waals surface area (Å²) in [7, 11) is 0. The van der Waals surface area contributed by atoms with Crippen LogP contribution in [0.3, 0.4) is 0 Å². The molecule has 0 unspecified atom stereocenters. The van der Waals surface area contributed by atoms with Gasteiger partial charge >= 0.3 is 6.01 Å². The van der Waals surface area contributed by atoms with Crippen LogP contribution in [0.25, 0.3) is 5.69 Å². The largest absolute Gasteiger partial charge is 0.423 e. The van der Waals surface area contributed by atoms with Crippen molar-refractivity contribution in [3.8, 4) is 17.4 Å². The summed E-state index contributed by atoms with van der Waals surface area (Å²) in [6.07, 6.45) is 1.14. The van der Waals surface area contributed by atoms with Crippen molar-refractivity contribution in [1.82, 2.24) is 30.4 Å². The highest BCUT2D eigenvalue weighted by Gasteiger charge is 2.10. The Morgan fingerprint density at radius 3 is 2.50 bits per heavy atom. The van der Waals surface area contributed by atoms with Crippen LogP contribution in [0.15, 0.2) is 54.6 Å². The summed E-state index contributed by atoms with van der Waals surface area (Å²) in [5.41, 5.74) is 2.02. The van der Waals surface area contributed by atoms with Gasteiger partial charge in [-0.05, 0) is 72.9 Å². The van der Waals surface area contributed by atoms with E-state index in [0.29, 0.717) is 6.01 Å². The Morgan fingerprint density at radius 2 is 1.77 bits per heavy atom. The highest BCUT2D eigenvalue weighted by atomic mass is 35.5. The fourth-order valence-electron chi connectivity index (χ4n) is 3.00. The van der Waals surface area contributed by atoms with Gasteiger partial charge in [-0.1, -0.05) is 49.3 Å². The van der Waals surface area contributed by atoms with Crippen molar-refractivity contribution in [3.05, 3.63) is 60.2 Å². The Hall–Kier alpha value is -2.19. The highest BCUT2D eigenvalue weighted by molar-refractivity contribution is 5.85. The zero-order valence-corrected chi connectivity index (χ0v) is 19.0. The molecule has 164 valence electrons. The fourth-order valence-corrected chi connectivity index (χ4v) is 3.00. The molecule has 0 fully saturated rings. The van der Waals surface area contributed by atoms with Crippen LogP contribution in [0.2, 0.25) is 0 Å². The van der Waals surface area contributed by atoms with Crippen LogP contribution in [0.4, 0.5) is 0 Å². The van der Waals surface area contributed by atoms with E-state index in [9.17, 15) is 0 Å². The lowest BCUT2D eigenvalue weighted by Gasteiger charge is -2.17. The number of nitrogens with zero attached hydrogens (tertiary/aromatic N) is 5. The topological polar surface area (TPSA) is 68.1 Å². The number of ether oxygens (including phenoxy) is 1. The predicted octanol–water partition coefficient (Wildman–Crippen LogP) is 4.12. The van der Waals surface area contributed by atoms with E-state index in [0.717, 1.165) is 50.6 Å². The molecule has 30 heavy (non-hydrogen) atoms. The van der Waals surface area contributed by atoms with Gasteiger partial charge in [-0.15, -0.1) is 24.8 Å². The van der Waals surface area contributed by atoms with E-state index < -0.39 is 0 Å². The van der Waals surface area contributed by atoms with E-state index in [-0.39, 0.29) is 24.8 Å². The minimum atomic E-state index is 0. The van der Waals surface area contributed by atoms with Crippen molar-refractivity contribution >= 4 is 24.8 Å². The van der Waals surface area contributed by atoms with Crippen LogP contribution < -0.4 is 10.1 Å². The van der Waals surface area contributed by atoms with Crippen LogP contribution in [-0.2, 0) is 6.54 Å². The lowest BCUT2D eigenvalue weighted by atomic mass is 10.2. The quantitative estimate of drug-likeness (QED) is 0.441. The van der Waals surface area contributed by atoms with Crippen LogP contribution in [0.1, 0.15) is 25.8 Å². The number of hydrogen-bond donors (Lipinski definition) is 1. The molecule has 0 amide bonds. The molecule has 1 N–H and O–H groups in total. The Morgan fingerprint density at radius 1 is 1.00 bits per heavy atom. The van der Waals surface area contributed by atoms with Crippen molar-refractivity contribution in [2.24, 2.45) is 0 Å². The van der Waals surface area contributed by atoms with Gasteiger partial charge in [-0.3, -0.25) is 0 Å². The predicted molar refractivity (Wildman–Crippen MR) is 124 cm³/mol. The summed E-state index contributed by atoms with van der Waals surface area (Å²) >= 11 is 0. The van der Waals surface area contributed by atoms with Gasteiger partial charge in [0.1, 0.15) is 5.75 Å². The molecular weight excluding hydrogens is 423 g/mol. The minimum absolute atomic E-state index is 0. The average Bonchev–Trinajstić information content (AvgIpc) is 3.20. The van der Waals surface area contributed by atoms with E-state index in [1.807, 2.05) is 48.5 Å². The summed E-state index contributed by atoms with van der Waals surface area (Å²) in [6, 6.07) is 18.0. The van der Waals surface area contributed by atoms with Crippen LogP contribution in [0.5, 0.6) is 11.8 Å². The fraction of sp³-hybridized carbons (Fsp3) is 0.381. The maximum absolute atomic E-state index is 5.93. The molecule has 0 saturated heterocycles. The van der Waals surface area contributed by atoms with Crippen molar-refractivity contribution in [2.45, 2.75) is 26.8 Å². The van der Waals surface area contributed by atoms with Crippen molar-refractivity contribution in [1.29, 1.82) is 0 Å². The molecule has 9 heteroatoms. The smallest absolute Gasteiger partial charge is 0.345 e. The first-order valence-corrected chi connectivity index (χ1v) is 9.83. The summed E-state index contributed by atoms with van der Waals surface area (Å²) in [5.74, 6) is 0.717. The third kappa shape index (κ3) is 7.57. The molecule has 2 aromatic carbocycles. The molecule has 0 radical (unpaired) electrons. The first-order chi connectivity index (χ1) is 13.8. The molecule has 0 saturated carbocycles. The number of hydrogen-bond acceptors (Lipinski definition) is 6. The Balaban J connectivity index is 0.00000225. The first kappa shape index (κ1) is 25.8. The van der Waals surface area contributed by atoms with E-state index >= 15 is 0 Å². The SMILES string of the molecule is CCN(CC)CCCNCc1cccc(Oc2nnnn2-c2ccccc2)c1.Cl.Cl. The second kappa shape index (κ2) is 13.9. The van der Waals surface area contributed by atoms with Crippen molar-refractivity contribution in [3.63, 3.8) is 0 Å². The molecule has 0 aliphatic rings. The Labute approximate surface area is 190 Å². The summed E-state index contributed by atoms with van der Waals surface area (Å²) in [5, 5.41) is 15.3. The Kier molecular flexibility index (Phi) is 12.0. The number of para-hydroxylation sites is 1. The average molecular weight is 453 g/mol. The molecule has 0 aliphatic carbocycles. The summed E-state index contributed by atoms with van der Waals surface area (Å²) < 4.78 is 7.51. The molecule has 0 bridgehead atoms. The van der Waals surface area contributed by atoms with Crippen LogP contribution >= 0.6 is 24.8 Å². The molecule has 0 atom stereocenters. The van der Waals surface area contributed by atoms with E-state index in [2.05, 4.69) is 45.7 Å². The zero-order valence-electron chi connectivity index (χ0n) is 17.4. The highest BCUT2D eigenvalue weighted by Crippen LogP contribution is 2.22. The number of halogens is 2. The third-order valence-corrected chi connectivity index (χ3v) is 4.60. The third-order valence-electron chi connectivity index (χ3n) is 4.60. The molecular formula is C21H30Cl2N6O. The maximum Gasteiger partial charge on any atom is 0.345 e. The van der Waals surface area contributed by atoms with E-state index in [1.165, 1.54) is 5.56 Å².